The fraction of sp³-hybridized carbons (Fsp3) is 0.391. The van der Waals surface area contributed by atoms with Crippen LogP contribution >= 0.6 is 0 Å². The van der Waals surface area contributed by atoms with E-state index in [1.165, 1.54) is 6.92 Å². The number of carbonyl (C=O) groups is 2. The molecule has 2 heterocycles. The molecule has 3 aromatic rings. The number of aryl methyl sites for hydroxylation is 2. The van der Waals surface area contributed by atoms with Crippen LogP contribution in [0.5, 0.6) is 0 Å². The monoisotopic (exact) mass is 407 g/mol. The third kappa shape index (κ3) is 4.06. The number of Topliss-reactive ketones (excluding diaryl/α,β-unsaturated/α-hetero) is 1. The predicted octanol–water partition coefficient (Wildman–Crippen LogP) is 4.35. The van der Waals surface area contributed by atoms with Crippen molar-refractivity contribution in [2.24, 2.45) is 0 Å². The molecule has 0 aliphatic rings. The second-order valence-corrected chi connectivity index (χ2v) is 7.67. The van der Waals surface area contributed by atoms with E-state index in [0.717, 1.165) is 29.1 Å². The van der Waals surface area contributed by atoms with Crippen molar-refractivity contribution in [2.45, 2.75) is 60.4 Å². The summed E-state index contributed by atoms with van der Waals surface area (Å²) < 4.78 is 3.55. The first-order chi connectivity index (χ1) is 14.2. The van der Waals surface area contributed by atoms with Crippen molar-refractivity contribution in [3.8, 4) is 5.69 Å². The fourth-order valence-corrected chi connectivity index (χ4v) is 3.92. The van der Waals surface area contributed by atoms with Gasteiger partial charge < -0.3 is 5.32 Å². The molecule has 3 rings (SSSR count). The van der Waals surface area contributed by atoms with E-state index >= 15 is 0 Å². The molecule has 1 amide bonds. The molecule has 0 radical (unpaired) electrons. The Morgan fingerprint density at radius 1 is 1.10 bits per heavy atom. The second-order valence-electron chi connectivity index (χ2n) is 7.67. The van der Waals surface area contributed by atoms with Crippen molar-refractivity contribution in [2.75, 3.05) is 5.32 Å². The van der Waals surface area contributed by atoms with Crippen molar-refractivity contribution in [3.05, 3.63) is 58.5 Å². The summed E-state index contributed by atoms with van der Waals surface area (Å²) in [4.78, 5) is 24.8. The van der Waals surface area contributed by atoms with Gasteiger partial charge in [-0.05, 0) is 53.2 Å². The molecule has 0 bridgehead atoms. The van der Waals surface area contributed by atoms with Gasteiger partial charge in [-0.3, -0.25) is 14.3 Å². The van der Waals surface area contributed by atoms with E-state index in [4.69, 9.17) is 0 Å². The molecule has 30 heavy (non-hydrogen) atoms. The van der Waals surface area contributed by atoms with Crippen LogP contribution in [-0.2, 0) is 11.2 Å². The van der Waals surface area contributed by atoms with Gasteiger partial charge in [0.05, 0.1) is 28.7 Å². The Kier molecular flexibility index (Phi) is 6.20. The second kappa shape index (κ2) is 8.65. The zero-order chi connectivity index (χ0) is 22.0. The highest BCUT2D eigenvalue weighted by molar-refractivity contribution is 5.96. The van der Waals surface area contributed by atoms with Gasteiger partial charge in [0.1, 0.15) is 5.82 Å². The molecular formula is C23H29N5O2. The third-order valence-corrected chi connectivity index (χ3v) is 5.39. The Morgan fingerprint density at radius 3 is 2.33 bits per heavy atom. The summed E-state index contributed by atoms with van der Waals surface area (Å²) in [5, 5.41) is 12.2. The van der Waals surface area contributed by atoms with E-state index in [1.807, 2.05) is 65.0 Å². The summed E-state index contributed by atoms with van der Waals surface area (Å²) in [7, 11) is 0. The lowest BCUT2D eigenvalue weighted by Gasteiger charge is -2.15. The number of hydrogen-bond donors (Lipinski definition) is 1. The number of benzene rings is 1. The lowest BCUT2D eigenvalue weighted by molar-refractivity contribution is -0.116. The van der Waals surface area contributed by atoms with Crippen LogP contribution in [0.2, 0.25) is 0 Å². The van der Waals surface area contributed by atoms with Crippen molar-refractivity contribution in [1.29, 1.82) is 0 Å². The number of aromatic nitrogens is 4. The first-order valence-corrected chi connectivity index (χ1v) is 10.2. The van der Waals surface area contributed by atoms with Crippen LogP contribution in [0.25, 0.3) is 5.69 Å². The molecule has 1 unspecified atom stereocenters. The highest BCUT2D eigenvalue weighted by atomic mass is 16.1. The van der Waals surface area contributed by atoms with Crippen LogP contribution < -0.4 is 5.32 Å². The van der Waals surface area contributed by atoms with Gasteiger partial charge in [-0.25, -0.2) is 4.68 Å². The van der Waals surface area contributed by atoms with Gasteiger partial charge in [0.15, 0.2) is 5.78 Å². The zero-order valence-electron chi connectivity index (χ0n) is 18.5. The van der Waals surface area contributed by atoms with E-state index in [9.17, 15) is 9.59 Å². The fourth-order valence-electron chi connectivity index (χ4n) is 3.92. The standard InChI is InChI=1S/C23H29N5O2/c1-7-20-15(3)23(28(26-20)19-11-9-8-10-12-19)24-21(30)13-14(2)27-17(5)22(18(6)29)16(4)25-27/h8-12,14H,7,13H2,1-6H3,(H,24,30). The minimum Gasteiger partial charge on any atom is -0.310 e. The maximum atomic E-state index is 12.9. The minimum atomic E-state index is -0.184. The molecule has 7 nitrogen and oxygen atoms in total. The number of amides is 1. The highest BCUT2D eigenvalue weighted by Crippen LogP contribution is 2.25. The molecule has 0 aliphatic carbocycles. The Bertz CT molecular complexity index is 1080. The predicted molar refractivity (Wildman–Crippen MR) is 117 cm³/mol. The number of hydrogen-bond acceptors (Lipinski definition) is 4. The average Bonchev–Trinajstić information content (AvgIpc) is 3.18. The van der Waals surface area contributed by atoms with Gasteiger partial charge in [-0.2, -0.15) is 10.2 Å². The van der Waals surface area contributed by atoms with Crippen molar-refractivity contribution in [1.82, 2.24) is 19.6 Å². The normalized spacial score (nSPS) is 12.1. The highest BCUT2D eigenvalue weighted by Gasteiger charge is 2.22. The van der Waals surface area contributed by atoms with Gasteiger partial charge in [0.25, 0.3) is 0 Å². The Hall–Kier alpha value is -3.22. The molecule has 7 heteroatoms. The van der Waals surface area contributed by atoms with Crippen LogP contribution in [0.4, 0.5) is 5.82 Å². The Morgan fingerprint density at radius 2 is 1.77 bits per heavy atom. The van der Waals surface area contributed by atoms with Crippen molar-refractivity contribution < 1.29 is 9.59 Å². The van der Waals surface area contributed by atoms with Gasteiger partial charge in [-0.1, -0.05) is 25.1 Å². The smallest absolute Gasteiger partial charge is 0.227 e. The summed E-state index contributed by atoms with van der Waals surface area (Å²) in [6.45, 7) is 11.2. The van der Waals surface area contributed by atoms with Crippen LogP contribution in [0.3, 0.4) is 0 Å². The number of anilines is 1. The van der Waals surface area contributed by atoms with E-state index in [1.54, 1.807) is 9.36 Å². The molecule has 0 aliphatic heterocycles. The van der Waals surface area contributed by atoms with Crippen molar-refractivity contribution >= 4 is 17.5 Å². The molecule has 0 saturated heterocycles. The number of rotatable bonds is 7. The first-order valence-electron chi connectivity index (χ1n) is 10.2. The molecular weight excluding hydrogens is 378 g/mol. The molecule has 158 valence electrons. The maximum absolute atomic E-state index is 12.9. The summed E-state index contributed by atoms with van der Waals surface area (Å²) in [5.74, 6) is 0.553. The summed E-state index contributed by atoms with van der Waals surface area (Å²) in [5.41, 5.74) is 4.93. The van der Waals surface area contributed by atoms with Crippen LogP contribution in [0, 0.1) is 20.8 Å². The molecule has 0 spiro atoms. The molecule has 0 saturated carbocycles. The zero-order valence-corrected chi connectivity index (χ0v) is 18.5. The average molecular weight is 408 g/mol. The quantitative estimate of drug-likeness (QED) is 0.591. The van der Waals surface area contributed by atoms with Crippen LogP contribution in [0.1, 0.15) is 66.2 Å². The summed E-state index contributed by atoms with van der Waals surface area (Å²) >= 11 is 0. The van der Waals surface area contributed by atoms with Crippen LogP contribution in [0.15, 0.2) is 30.3 Å². The molecule has 0 fully saturated rings. The topological polar surface area (TPSA) is 81.8 Å². The largest absolute Gasteiger partial charge is 0.310 e. The molecule has 2 aromatic heterocycles. The van der Waals surface area contributed by atoms with Crippen LogP contribution in [-0.4, -0.2) is 31.3 Å². The number of nitrogens with one attached hydrogen (secondary N) is 1. The van der Waals surface area contributed by atoms with E-state index in [0.29, 0.717) is 17.1 Å². The molecule has 1 atom stereocenters. The minimum absolute atomic E-state index is 0.0117. The Balaban J connectivity index is 1.84. The molecule has 1 N–H and O–H groups in total. The SMILES string of the molecule is CCc1nn(-c2ccccc2)c(NC(=O)CC(C)n2nc(C)c(C(C)=O)c2C)c1C. The first kappa shape index (κ1) is 21.5. The van der Waals surface area contributed by atoms with E-state index in [-0.39, 0.29) is 24.2 Å². The number of nitrogens with zero attached hydrogens (tertiary/aromatic N) is 4. The lowest BCUT2D eigenvalue weighted by atomic mass is 10.1. The third-order valence-electron chi connectivity index (χ3n) is 5.39. The Labute approximate surface area is 177 Å². The van der Waals surface area contributed by atoms with Crippen molar-refractivity contribution in [3.63, 3.8) is 0 Å². The lowest BCUT2D eigenvalue weighted by Crippen LogP contribution is -2.21. The number of para-hydroxylation sites is 1. The van der Waals surface area contributed by atoms with Gasteiger partial charge in [0, 0.05) is 17.7 Å². The van der Waals surface area contributed by atoms with E-state index in [2.05, 4.69) is 15.5 Å². The maximum Gasteiger partial charge on any atom is 0.227 e. The number of carbonyl (C=O) groups excluding carboxylic acids is 2. The summed E-state index contributed by atoms with van der Waals surface area (Å²) in [6, 6.07) is 9.58. The van der Waals surface area contributed by atoms with Gasteiger partial charge >= 0.3 is 0 Å². The molecule has 1 aromatic carbocycles. The van der Waals surface area contributed by atoms with E-state index < -0.39 is 0 Å². The van der Waals surface area contributed by atoms with Gasteiger partial charge in [0.2, 0.25) is 5.91 Å². The summed E-state index contributed by atoms with van der Waals surface area (Å²) in [6.07, 6.45) is 1.02. The van der Waals surface area contributed by atoms with Gasteiger partial charge in [-0.15, -0.1) is 0 Å². The number of ketones is 1.